The van der Waals surface area contributed by atoms with Gasteiger partial charge in [-0.15, -0.1) is 0 Å². The highest BCUT2D eigenvalue weighted by Gasteiger charge is 2.15. The summed E-state index contributed by atoms with van der Waals surface area (Å²) in [6, 6.07) is 0. The summed E-state index contributed by atoms with van der Waals surface area (Å²) in [6.45, 7) is 3.66. The van der Waals surface area contributed by atoms with E-state index in [1.807, 2.05) is 6.92 Å². The molecule has 4 heteroatoms. The maximum Gasteiger partial charge on any atom is 0.306 e. The van der Waals surface area contributed by atoms with Crippen molar-refractivity contribution < 1.29 is 14.3 Å². The number of rotatable bonds is 5. The van der Waals surface area contributed by atoms with E-state index in [9.17, 15) is 4.79 Å². The molecule has 78 valence electrons. The standard InChI is InChI=1S/C10H15NO3/c1-3-8(10(12)13)4-5-9-6-14-7(2)11-9/h6,8H,3-5H2,1-2H3,(H,12,13). The molecule has 0 saturated carbocycles. The lowest BCUT2D eigenvalue weighted by molar-refractivity contribution is -0.142. The zero-order chi connectivity index (χ0) is 10.6. The zero-order valence-electron chi connectivity index (χ0n) is 8.49. The molecule has 0 saturated heterocycles. The van der Waals surface area contributed by atoms with Gasteiger partial charge in [-0.2, -0.15) is 0 Å². The zero-order valence-corrected chi connectivity index (χ0v) is 8.49. The van der Waals surface area contributed by atoms with Crippen LogP contribution in [0.1, 0.15) is 31.4 Å². The van der Waals surface area contributed by atoms with Gasteiger partial charge in [0.15, 0.2) is 5.89 Å². The molecule has 0 aliphatic heterocycles. The Morgan fingerprint density at radius 3 is 2.86 bits per heavy atom. The minimum atomic E-state index is -0.729. The molecule has 1 aromatic rings. The number of carboxylic acid groups (broad SMARTS) is 1. The van der Waals surface area contributed by atoms with Crippen LogP contribution in [0.4, 0.5) is 0 Å². The molecule has 14 heavy (non-hydrogen) atoms. The van der Waals surface area contributed by atoms with Crippen molar-refractivity contribution in [1.29, 1.82) is 0 Å². The van der Waals surface area contributed by atoms with Gasteiger partial charge in [0.1, 0.15) is 6.26 Å². The Balaban J connectivity index is 2.43. The summed E-state index contributed by atoms with van der Waals surface area (Å²) >= 11 is 0. The Morgan fingerprint density at radius 2 is 2.43 bits per heavy atom. The number of carbonyl (C=O) groups is 1. The Bertz CT molecular complexity index is 306. The van der Waals surface area contributed by atoms with Crippen LogP contribution in [-0.4, -0.2) is 16.1 Å². The van der Waals surface area contributed by atoms with Crippen LogP contribution in [-0.2, 0) is 11.2 Å². The summed E-state index contributed by atoms with van der Waals surface area (Å²) in [5, 5.41) is 8.81. The number of carboxylic acids is 1. The topological polar surface area (TPSA) is 63.3 Å². The SMILES string of the molecule is CCC(CCc1coc(C)n1)C(=O)O. The van der Waals surface area contributed by atoms with Gasteiger partial charge in [0, 0.05) is 6.92 Å². The molecule has 1 heterocycles. The van der Waals surface area contributed by atoms with E-state index < -0.39 is 5.97 Å². The van der Waals surface area contributed by atoms with Crippen molar-refractivity contribution in [2.24, 2.45) is 5.92 Å². The van der Waals surface area contributed by atoms with Crippen LogP contribution in [0.3, 0.4) is 0 Å². The predicted octanol–water partition coefficient (Wildman–Crippen LogP) is 2.03. The average Bonchev–Trinajstić information content (AvgIpc) is 2.52. The second-order valence-electron chi connectivity index (χ2n) is 3.34. The van der Waals surface area contributed by atoms with Crippen molar-refractivity contribution in [3.05, 3.63) is 17.8 Å². The quantitative estimate of drug-likeness (QED) is 0.784. The van der Waals surface area contributed by atoms with E-state index in [1.165, 1.54) is 0 Å². The van der Waals surface area contributed by atoms with Gasteiger partial charge in [0.2, 0.25) is 0 Å². The molecular weight excluding hydrogens is 182 g/mol. The molecule has 1 unspecified atom stereocenters. The summed E-state index contributed by atoms with van der Waals surface area (Å²) in [5.41, 5.74) is 0.835. The summed E-state index contributed by atoms with van der Waals surface area (Å²) in [6.07, 6.45) is 3.54. The highest BCUT2D eigenvalue weighted by atomic mass is 16.4. The second-order valence-corrected chi connectivity index (χ2v) is 3.34. The molecule has 0 fully saturated rings. The Labute approximate surface area is 83.0 Å². The Hall–Kier alpha value is -1.32. The number of hydrogen-bond acceptors (Lipinski definition) is 3. The highest BCUT2D eigenvalue weighted by Crippen LogP contribution is 2.13. The molecule has 1 rings (SSSR count). The van der Waals surface area contributed by atoms with Gasteiger partial charge in [0.25, 0.3) is 0 Å². The fraction of sp³-hybridized carbons (Fsp3) is 0.600. The van der Waals surface area contributed by atoms with Crippen molar-refractivity contribution in [2.45, 2.75) is 33.1 Å². The van der Waals surface area contributed by atoms with Crippen molar-refractivity contribution in [1.82, 2.24) is 4.98 Å². The molecule has 0 bridgehead atoms. The number of aryl methyl sites for hydroxylation is 2. The molecule has 0 aliphatic carbocycles. The first-order valence-electron chi connectivity index (χ1n) is 4.77. The van der Waals surface area contributed by atoms with Gasteiger partial charge in [0.05, 0.1) is 11.6 Å². The van der Waals surface area contributed by atoms with Crippen LogP contribution in [0.25, 0.3) is 0 Å². The van der Waals surface area contributed by atoms with E-state index >= 15 is 0 Å². The summed E-state index contributed by atoms with van der Waals surface area (Å²) in [4.78, 5) is 14.8. The normalized spacial score (nSPS) is 12.7. The lowest BCUT2D eigenvalue weighted by Gasteiger charge is -2.06. The molecule has 0 spiro atoms. The monoisotopic (exact) mass is 197 g/mol. The third kappa shape index (κ3) is 2.87. The largest absolute Gasteiger partial charge is 0.481 e. The van der Waals surface area contributed by atoms with Crippen LogP contribution >= 0.6 is 0 Å². The number of nitrogens with zero attached hydrogens (tertiary/aromatic N) is 1. The fourth-order valence-corrected chi connectivity index (χ4v) is 1.35. The van der Waals surface area contributed by atoms with E-state index in [0.29, 0.717) is 25.2 Å². The van der Waals surface area contributed by atoms with E-state index in [1.54, 1.807) is 13.2 Å². The third-order valence-corrected chi connectivity index (χ3v) is 2.26. The number of oxazole rings is 1. The molecular formula is C10H15NO3. The van der Waals surface area contributed by atoms with E-state index in [2.05, 4.69) is 4.98 Å². The minimum absolute atomic E-state index is 0.271. The van der Waals surface area contributed by atoms with Gasteiger partial charge in [-0.25, -0.2) is 4.98 Å². The summed E-state index contributed by atoms with van der Waals surface area (Å²) < 4.78 is 5.03. The average molecular weight is 197 g/mol. The van der Waals surface area contributed by atoms with E-state index in [4.69, 9.17) is 9.52 Å². The van der Waals surface area contributed by atoms with Gasteiger partial charge in [-0.05, 0) is 19.3 Å². The number of aromatic nitrogens is 1. The second kappa shape index (κ2) is 4.79. The van der Waals surface area contributed by atoms with Crippen LogP contribution in [0.5, 0.6) is 0 Å². The van der Waals surface area contributed by atoms with Crippen LogP contribution in [0, 0.1) is 12.8 Å². The fourth-order valence-electron chi connectivity index (χ4n) is 1.35. The maximum absolute atomic E-state index is 10.7. The van der Waals surface area contributed by atoms with Crippen molar-refractivity contribution in [3.63, 3.8) is 0 Å². The molecule has 0 radical (unpaired) electrons. The molecule has 4 nitrogen and oxygen atoms in total. The Morgan fingerprint density at radius 1 is 1.71 bits per heavy atom. The first-order valence-corrected chi connectivity index (χ1v) is 4.77. The third-order valence-electron chi connectivity index (χ3n) is 2.26. The predicted molar refractivity (Wildman–Crippen MR) is 51.0 cm³/mol. The first-order chi connectivity index (χ1) is 6.63. The summed E-state index contributed by atoms with van der Waals surface area (Å²) in [5.74, 6) is -0.372. The van der Waals surface area contributed by atoms with Gasteiger partial charge < -0.3 is 9.52 Å². The van der Waals surface area contributed by atoms with Gasteiger partial charge in [-0.1, -0.05) is 6.92 Å². The molecule has 0 aliphatic rings. The molecule has 0 amide bonds. The van der Waals surface area contributed by atoms with Crippen LogP contribution in [0.15, 0.2) is 10.7 Å². The van der Waals surface area contributed by atoms with Crippen LogP contribution < -0.4 is 0 Å². The molecule has 1 N–H and O–H groups in total. The maximum atomic E-state index is 10.7. The molecule has 0 aromatic carbocycles. The lowest BCUT2D eigenvalue weighted by Crippen LogP contribution is -2.13. The Kier molecular flexibility index (Phi) is 3.68. The molecule has 1 atom stereocenters. The summed E-state index contributed by atoms with van der Waals surface area (Å²) in [7, 11) is 0. The first kappa shape index (κ1) is 10.8. The molecule has 1 aromatic heterocycles. The highest BCUT2D eigenvalue weighted by molar-refractivity contribution is 5.69. The van der Waals surface area contributed by atoms with Crippen molar-refractivity contribution >= 4 is 5.97 Å². The van der Waals surface area contributed by atoms with Gasteiger partial charge >= 0.3 is 5.97 Å². The lowest BCUT2D eigenvalue weighted by atomic mass is 10.00. The smallest absolute Gasteiger partial charge is 0.306 e. The van der Waals surface area contributed by atoms with E-state index in [0.717, 1.165) is 5.69 Å². The number of hydrogen-bond donors (Lipinski definition) is 1. The van der Waals surface area contributed by atoms with E-state index in [-0.39, 0.29) is 5.92 Å². The van der Waals surface area contributed by atoms with Crippen LogP contribution in [0.2, 0.25) is 0 Å². The van der Waals surface area contributed by atoms with Gasteiger partial charge in [-0.3, -0.25) is 4.79 Å². The van der Waals surface area contributed by atoms with Crippen molar-refractivity contribution in [2.75, 3.05) is 0 Å². The number of aliphatic carboxylic acids is 1. The minimum Gasteiger partial charge on any atom is -0.481 e. The van der Waals surface area contributed by atoms with Crippen molar-refractivity contribution in [3.8, 4) is 0 Å².